The van der Waals surface area contributed by atoms with E-state index in [0.29, 0.717) is 18.9 Å². The van der Waals surface area contributed by atoms with Gasteiger partial charge in [0.05, 0.1) is 17.4 Å². The summed E-state index contributed by atoms with van der Waals surface area (Å²) in [7, 11) is 0. The van der Waals surface area contributed by atoms with Crippen LogP contribution >= 0.6 is 0 Å². The Balaban J connectivity index is 2.02. The average molecular weight is 274 g/mol. The molecule has 2 aromatic rings. The Kier molecular flexibility index (Phi) is 4.74. The third-order valence-corrected chi connectivity index (χ3v) is 3.36. The lowest BCUT2D eigenvalue weighted by Crippen LogP contribution is -2.23. The van der Waals surface area contributed by atoms with E-state index < -0.39 is 0 Å². The highest BCUT2D eigenvalue weighted by Gasteiger charge is 2.15. The van der Waals surface area contributed by atoms with Crippen LogP contribution in [0.25, 0.3) is 10.9 Å². The minimum absolute atomic E-state index is 0.00296. The normalized spacial score (nSPS) is 12.8. The summed E-state index contributed by atoms with van der Waals surface area (Å²) in [6.45, 7) is 4.83. The smallest absolute Gasteiger partial charge is 0.224 e. The molecular weight excluding hydrogens is 252 g/mol. The second-order valence-electron chi connectivity index (χ2n) is 5.62. The molecule has 0 aliphatic carbocycles. The number of anilines is 1. The standard InChI is InChI=1S/C15H22N4O/c1-10(2)6-11(8-16)7-14(20)18-13-5-3-4-12-9-17-19-15(12)13/h3-5,9-11H,6-8,16H2,1-2H3,(H,17,19)(H,18,20). The summed E-state index contributed by atoms with van der Waals surface area (Å²) in [5, 5.41) is 10.8. The highest BCUT2D eigenvalue weighted by Crippen LogP contribution is 2.21. The van der Waals surface area contributed by atoms with E-state index in [4.69, 9.17) is 5.73 Å². The Labute approximate surface area is 118 Å². The van der Waals surface area contributed by atoms with Gasteiger partial charge in [-0.05, 0) is 30.9 Å². The lowest BCUT2D eigenvalue weighted by atomic mass is 9.94. The lowest BCUT2D eigenvalue weighted by molar-refractivity contribution is -0.117. The number of rotatable bonds is 6. The third kappa shape index (κ3) is 3.57. The van der Waals surface area contributed by atoms with Gasteiger partial charge in [0.25, 0.3) is 0 Å². The molecule has 1 aromatic heterocycles. The van der Waals surface area contributed by atoms with E-state index in [0.717, 1.165) is 23.0 Å². The Hall–Kier alpha value is -1.88. The summed E-state index contributed by atoms with van der Waals surface area (Å²) in [5.41, 5.74) is 7.36. The summed E-state index contributed by atoms with van der Waals surface area (Å²) in [5.74, 6) is 0.784. The van der Waals surface area contributed by atoms with Crippen molar-refractivity contribution in [3.05, 3.63) is 24.4 Å². The molecule has 20 heavy (non-hydrogen) atoms. The van der Waals surface area contributed by atoms with Crippen LogP contribution in [-0.2, 0) is 4.79 Å². The molecule has 2 rings (SSSR count). The van der Waals surface area contributed by atoms with Gasteiger partial charge in [-0.15, -0.1) is 0 Å². The van der Waals surface area contributed by atoms with Crippen LogP contribution in [-0.4, -0.2) is 22.6 Å². The number of fused-ring (bicyclic) bond motifs is 1. The van der Waals surface area contributed by atoms with Crippen LogP contribution in [0.2, 0.25) is 0 Å². The highest BCUT2D eigenvalue weighted by molar-refractivity contribution is 6.00. The Morgan fingerprint density at radius 1 is 1.45 bits per heavy atom. The molecule has 0 fully saturated rings. The van der Waals surface area contributed by atoms with Crippen molar-refractivity contribution < 1.29 is 4.79 Å². The number of aromatic nitrogens is 2. The van der Waals surface area contributed by atoms with Crippen LogP contribution in [0.1, 0.15) is 26.7 Å². The molecule has 0 saturated heterocycles. The molecule has 1 aromatic carbocycles. The summed E-state index contributed by atoms with van der Waals surface area (Å²) in [4.78, 5) is 12.1. The number of hydrogen-bond donors (Lipinski definition) is 3. The summed E-state index contributed by atoms with van der Waals surface area (Å²) >= 11 is 0. The van der Waals surface area contributed by atoms with Gasteiger partial charge in [-0.25, -0.2) is 0 Å². The minimum Gasteiger partial charge on any atom is -0.330 e. The zero-order valence-electron chi connectivity index (χ0n) is 12.0. The highest BCUT2D eigenvalue weighted by atomic mass is 16.1. The van der Waals surface area contributed by atoms with Crippen molar-refractivity contribution in [1.29, 1.82) is 0 Å². The molecule has 0 radical (unpaired) electrons. The molecule has 5 heteroatoms. The number of carbonyl (C=O) groups excluding carboxylic acids is 1. The van der Waals surface area contributed by atoms with E-state index in [1.165, 1.54) is 0 Å². The van der Waals surface area contributed by atoms with Crippen molar-refractivity contribution in [2.45, 2.75) is 26.7 Å². The number of H-pyrrole nitrogens is 1. The topological polar surface area (TPSA) is 83.8 Å². The van der Waals surface area contributed by atoms with E-state index in [1.54, 1.807) is 6.20 Å². The molecule has 1 heterocycles. The monoisotopic (exact) mass is 274 g/mol. The first-order valence-corrected chi connectivity index (χ1v) is 7.02. The van der Waals surface area contributed by atoms with Crippen LogP contribution in [0.15, 0.2) is 24.4 Å². The van der Waals surface area contributed by atoms with Crippen molar-refractivity contribution >= 4 is 22.5 Å². The zero-order valence-corrected chi connectivity index (χ0v) is 12.0. The quantitative estimate of drug-likeness (QED) is 0.756. The predicted molar refractivity (Wildman–Crippen MR) is 81.3 cm³/mol. The number of benzene rings is 1. The molecule has 5 nitrogen and oxygen atoms in total. The number of hydrogen-bond acceptors (Lipinski definition) is 3. The molecule has 1 atom stereocenters. The largest absolute Gasteiger partial charge is 0.330 e. The van der Waals surface area contributed by atoms with Crippen molar-refractivity contribution in [3.8, 4) is 0 Å². The van der Waals surface area contributed by atoms with Gasteiger partial charge in [-0.2, -0.15) is 5.10 Å². The van der Waals surface area contributed by atoms with Gasteiger partial charge >= 0.3 is 0 Å². The molecule has 1 unspecified atom stereocenters. The molecule has 1 amide bonds. The molecule has 0 saturated carbocycles. The zero-order chi connectivity index (χ0) is 14.5. The van der Waals surface area contributed by atoms with Crippen LogP contribution in [0.3, 0.4) is 0 Å². The van der Waals surface area contributed by atoms with Gasteiger partial charge in [-0.3, -0.25) is 9.89 Å². The summed E-state index contributed by atoms with van der Waals surface area (Å²) in [6.07, 6.45) is 3.17. The van der Waals surface area contributed by atoms with E-state index in [9.17, 15) is 4.79 Å². The Morgan fingerprint density at radius 2 is 2.25 bits per heavy atom. The van der Waals surface area contributed by atoms with Gasteiger partial charge in [0.1, 0.15) is 0 Å². The molecule has 4 N–H and O–H groups in total. The van der Waals surface area contributed by atoms with E-state index in [-0.39, 0.29) is 11.8 Å². The number of amides is 1. The van der Waals surface area contributed by atoms with Crippen LogP contribution in [0.4, 0.5) is 5.69 Å². The SMILES string of the molecule is CC(C)CC(CN)CC(=O)Nc1cccc2cn[nH]c12. The van der Waals surface area contributed by atoms with Gasteiger partial charge in [0.2, 0.25) is 5.91 Å². The number of para-hydroxylation sites is 1. The first-order chi connectivity index (χ1) is 9.60. The maximum atomic E-state index is 12.1. The maximum Gasteiger partial charge on any atom is 0.224 e. The van der Waals surface area contributed by atoms with Crippen LogP contribution in [0.5, 0.6) is 0 Å². The fourth-order valence-corrected chi connectivity index (χ4v) is 2.47. The Morgan fingerprint density at radius 3 is 2.95 bits per heavy atom. The van der Waals surface area contributed by atoms with Crippen molar-refractivity contribution in [1.82, 2.24) is 10.2 Å². The third-order valence-electron chi connectivity index (χ3n) is 3.36. The number of aromatic amines is 1. The van der Waals surface area contributed by atoms with Gasteiger partial charge in [0, 0.05) is 11.8 Å². The molecule has 108 valence electrons. The second-order valence-corrected chi connectivity index (χ2v) is 5.62. The number of nitrogens with two attached hydrogens (primary N) is 1. The van der Waals surface area contributed by atoms with Crippen molar-refractivity contribution in [2.75, 3.05) is 11.9 Å². The average Bonchev–Trinajstić information content (AvgIpc) is 2.86. The number of carbonyl (C=O) groups is 1. The van der Waals surface area contributed by atoms with E-state index >= 15 is 0 Å². The Bertz CT molecular complexity index is 576. The molecular formula is C15H22N4O. The molecule has 0 spiro atoms. The lowest BCUT2D eigenvalue weighted by Gasteiger charge is -2.16. The fourth-order valence-electron chi connectivity index (χ4n) is 2.47. The van der Waals surface area contributed by atoms with Crippen LogP contribution in [0, 0.1) is 11.8 Å². The van der Waals surface area contributed by atoms with Crippen molar-refractivity contribution in [2.24, 2.45) is 17.6 Å². The molecule has 0 aliphatic heterocycles. The molecule has 0 aliphatic rings. The first kappa shape index (κ1) is 14.5. The molecule has 0 bridgehead atoms. The number of nitrogens with one attached hydrogen (secondary N) is 2. The minimum atomic E-state index is 0.00296. The van der Waals surface area contributed by atoms with E-state index in [1.807, 2.05) is 18.2 Å². The van der Waals surface area contributed by atoms with Gasteiger partial charge < -0.3 is 11.1 Å². The van der Waals surface area contributed by atoms with E-state index in [2.05, 4.69) is 29.4 Å². The van der Waals surface area contributed by atoms with Crippen molar-refractivity contribution in [3.63, 3.8) is 0 Å². The predicted octanol–water partition coefficient (Wildman–Crippen LogP) is 2.51. The summed E-state index contributed by atoms with van der Waals surface area (Å²) in [6, 6.07) is 5.73. The van der Waals surface area contributed by atoms with Gasteiger partial charge in [0.15, 0.2) is 0 Å². The van der Waals surface area contributed by atoms with Gasteiger partial charge in [-0.1, -0.05) is 26.0 Å². The fraction of sp³-hybridized carbons (Fsp3) is 0.467. The van der Waals surface area contributed by atoms with Crippen LogP contribution < -0.4 is 11.1 Å². The number of nitrogens with zero attached hydrogens (tertiary/aromatic N) is 1. The second kappa shape index (κ2) is 6.52. The first-order valence-electron chi connectivity index (χ1n) is 7.02. The maximum absolute atomic E-state index is 12.1. The summed E-state index contributed by atoms with van der Waals surface area (Å²) < 4.78 is 0.